The van der Waals surface area contributed by atoms with Gasteiger partial charge in [0.25, 0.3) is 5.56 Å². The Labute approximate surface area is 188 Å². The van der Waals surface area contributed by atoms with Crippen molar-refractivity contribution in [1.29, 1.82) is 0 Å². The number of allylic oxidation sites excluding steroid dienone is 1. The van der Waals surface area contributed by atoms with E-state index in [0.717, 1.165) is 25.0 Å². The fourth-order valence-electron chi connectivity index (χ4n) is 5.71. The third kappa shape index (κ3) is 3.51. The molecule has 168 valence electrons. The van der Waals surface area contributed by atoms with Gasteiger partial charge in [-0.1, -0.05) is 42.5 Å². The highest BCUT2D eigenvalue weighted by molar-refractivity contribution is 5.81. The van der Waals surface area contributed by atoms with Crippen LogP contribution in [0.5, 0.6) is 0 Å². The average Bonchev–Trinajstić information content (AvgIpc) is 2.98. The van der Waals surface area contributed by atoms with Gasteiger partial charge < -0.3 is 15.0 Å². The van der Waals surface area contributed by atoms with Gasteiger partial charge in [0.1, 0.15) is 0 Å². The van der Waals surface area contributed by atoms with Gasteiger partial charge in [-0.3, -0.25) is 14.5 Å². The first-order valence-corrected chi connectivity index (χ1v) is 11.7. The van der Waals surface area contributed by atoms with Crippen molar-refractivity contribution in [3.8, 4) is 0 Å². The van der Waals surface area contributed by atoms with Crippen molar-refractivity contribution in [3.63, 3.8) is 0 Å². The molecule has 1 saturated carbocycles. The smallest absolute Gasteiger partial charge is 0.258 e. The standard InChI is InChI=1S/C26H31N3O3/c1-2-7-18-12-13-21-24-23(25(31)27-19-10-6-11-19)20(16-30)22(15-29(21)26(18)32)28(24)14-17-8-4-3-5-9-17/h2-5,7-9,12-13,19-20,22-24,30H,6,10-11,14-16H2,1H3,(H,27,31)/b7-2+/t20-,22-,23+,24+/m0/s1. The molecule has 0 spiro atoms. The Kier molecular flexibility index (Phi) is 5.74. The molecule has 6 heteroatoms. The van der Waals surface area contributed by atoms with Crippen LogP contribution in [0.4, 0.5) is 0 Å². The number of aliphatic hydroxyl groups excluding tert-OH is 1. The van der Waals surface area contributed by atoms with Gasteiger partial charge in [0.15, 0.2) is 0 Å². The van der Waals surface area contributed by atoms with Crippen LogP contribution in [0, 0.1) is 11.8 Å². The Balaban J connectivity index is 1.58. The maximum atomic E-state index is 13.5. The number of amides is 1. The van der Waals surface area contributed by atoms with Crippen molar-refractivity contribution in [1.82, 2.24) is 14.8 Å². The largest absolute Gasteiger partial charge is 0.396 e. The van der Waals surface area contributed by atoms with Crippen LogP contribution in [0.15, 0.2) is 53.3 Å². The lowest BCUT2D eigenvalue weighted by atomic mass is 9.85. The number of aromatic nitrogens is 1. The van der Waals surface area contributed by atoms with Crippen LogP contribution in [-0.4, -0.2) is 39.2 Å². The Hall–Kier alpha value is -2.70. The molecule has 0 radical (unpaired) electrons. The van der Waals surface area contributed by atoms with Crippen LogP contribution in [0.1, 0.15) is 49.0 Å². The molecule has 1 aromatic heterocycles. The van der Waals surface area contributed by atoms with E-state index >= 15 is 0 Å². The Morgan fingerprint density at radius 2 is 1.97 bits per heavy atom. The van der Waals surface area contributed by atoms with Crippen LogP contribution in [0.3, 0.4) is 0 Å². The third-order valence-corrected chi connectivity index (χ3v) is 7.51. The van der Waals surface area contributed by atoms with Gasteiger partial charge in [0, 0.05) is 49.0 Å². The summed E-state index contributed by atoms with van der Waals surface area (Å²) in [7, 11) is 0. The van der Waals surface area contributed by atoms with E-state index < -0.39 is 0 Å². The Morgan fingerprint density at radius 3 is 2.62 bits per heavy atom. The first-order valence-electron chi connectivity index (χ1n) is 11.7. The van der Waals surface area contributed by atoms with Crippen LogP contribution >= 0.6 is 0 Å². The van der Waals surface area contributed by atoms with E-state index in [-0.39, 0.29) is 48.0 Å². The maximum Gasteiger partial charge on any atom is 0.258 e. The quantitative estimate of drug-likeness (QED) is 0.735. The number of fused-ring (bicyclic) bond motifs is 4. The van der Waals surface area contributed by atoms with Crippen molar-refractivity contribution >= 4 is 12.0 Å². The van der Waals surface area contributed by atoms with Crippen molar-refractivity contribution in [3.05, 3.63) is 75.7 Å². The monoisotopic (exact) mass is 433 g/mol. The molecule has 1 aromatic carbocycles. The summed E-state index contributed by atoms with van der Waals surface area (Å²) < 4.78 is 1.84. The topological polar surface area (TPSA) is 74.6 Å². The summed E-state index contributed by atoms with van der Waals surface area (Å²) in [6, 6.07) is 14.0. The molecule has 2 aromatic rings. The molecule has 2 bridgehead atoms. The van der Waals surface area contributed by atoms with Gasteiger partial charge in [-0.25, -0.2) is 0 Å². The van der Waals surface area contributed by atoms with E-state index in [0.29, 0.717) is 18.7 Å². The van der Waals surface area contributed by atoms with Gasteiger partial charge in [0.05, 0.1) is 12.0 Å². The number of hydrogen-bond acceptors (Lipinski definition) is 4. The number of carbonyl (C=O) groups excluding carboxylic acids is 1. The zero-order chi connectivity index (χ0) is 22.2. The maximum absolute atomic E-state index is 13.5. The number of nitrogens with zero attached hydrogens (tertiary/aromatic N) is 2. The molecule has 3 heterocycles. The van der Waals surface area contributed by atoms with Gasteiger partial charge in [-0.2, -0.15) is 0 Å². The second kappa shape index (κ2) is 8.68. The highest BCUT2D eigenvalue weighted by Gasteiger charge is 2.55. The second-order valence-electron chi connectivity index (χ2n) is 9.31. The zero-order valence-electron chi connectivity index (χ0n) is 18.5. The molecule has 6 nitrogen and oxygen atoms in total. The number of hydrogen-bond donors (Lipinski definition) is 2. The molecule has 4 atom stereocenters. The number of aliphatic hydroxyl groups is 1. The molecular formula is C26H31N3O3. The van der Waals surface area contributed by atoms with Crippen LogP contribution in [-0.2, 0) is 17.9 Å². The van der Waals surface area contributed by atoms with Gasteiger partial charge in [0.2, 0.25) is 5.91 Å². The summed E-state index contributed by atoms with van der Waals surface area (Å²) in [5, 5.41) is 13.6. The summed E-state index contributed by atoms with van der Waals surface area (Å²) in [5.74, 6) is -0.582. The van der Waals surface area contributed by atoms with E-state index in [1.807, 2.05) is 54.0 Å². The van der Waals surface area contributed by atoms with E-state index in [2.05, 4.69) is 22.3 Å². The van der Waals surface area contributed by atoms with E-state index in [4.69, 9.17) is 0 Å². The van der Waals surface area contributed by atoms with Crippen molar-refractivity contribution in [2.45, 2.75) is 57.4 Å². The van der Waals surface area contributed by atoms with Crippen molar-refractivity contribution in [2.75, 3.05) is 6.61 Å². The molecule has 1 amide bonds. The minimum atomic E-state index is -0.380. The third-order valence-electron chi connectivity index (χ3n) is 7.51. The van der Waals surface area contributed by atoms with Gasteiger partial charge in [-0.05, 0) is 43.9 Å². The number of pyridine rings is 1. The molecule has 2 N–H and O–H groups in total. The minimum Gasteiger partial charge on any atom is -0.396 e. The molecule has 2 aliphatic heterocycles. The first kappa shape index (κ1) is 21.2. The fourth-order valence-corrected chi connectivity index (χ4v) is 5.71. The van der Waals surface area contributed by atoms with E-state index in [1.54, 1.807) is 0 Å². The number of carbonyl (C=O) groups is 1. The lowest BCUT2D eigenvalue weighted by molar-refractivity contribution is -0.128. The number of benzene rings is 1. The average molecular weight is 434 g/mol. The molecule has 1 saturated heterocycles. The van der Waals surface area contributed by atoms with Crippen LogP contribution in [0.2, 0.25) is 0 Å². The fraction of sp³-hybridized carbons (Fsp3) is 0.462. The lowest BCUT2D eigenvalue weighted by Gasteiger charge is -2.38. The summed E-state index contributed by atoms with van der Waals surface area (Å²) in [4.78, 5) is 29.0. The molecule has 0 unspecified atom stereocenters. The summed E-state index contributed by atoms with van der Waals surface area (Å²) in [6.45, 7) is 3.00. The Bertz CT molecular complexity index is 1070. The lowest BCUT2D eigenvalue weighted by Crippen LogP contribution is -2.47. The van der Waals surface area contributed by atoms with Crippen molar-refractivity contribution in [2.24, 2.45) is 11.8 Å². The first-order chi connectivity index (χ1) is 15.6. The molecule has 32 heavy (non-hydrogen) atoms. The van der Waals surface area contributed by atoms with Gasteiger partial charge >= 0.3 is 0 Å². The number of nitrogens with one attached hydrogen (secondary N) is 1. The molecule has 5 rings (SSSR count). The minimum absolute atomic E-state index is 0.0118. The second-order valence-corrected chi connectivity index (χ2v) is 9.31. The Morgan fingerprint density at radius 1 is 1.19 bits per heavy atom. The molecule has 3 aliphatic rings. The van der Waals surface area contributed by atoms with Crippen molar-refractivity contribution < 1.29 is 9.90 Å². The van der Waals surface area contributed by atoms with Crippen LogP contribution < -0.4 is 10.9 Å². The molecule has 2 fully saturated rings. The zero-order valence-corrected chi connectivity index (χ0v) is 18.5. The van der Waals surface area contributed by atoms with E-state index in [9.17, 15) is 14.7 Å². The summed E-state index contributed by atoms with van der Waals surface area (Å²) >= 11 is 0. The number of rotatable bonds is 6. The molecular weight excluding hydrogens is 402 g/mol. The van der Waals surface area contributed by atoms with E-state index in [1.165, 1.54) is 5.56 Å². The highest BCUT2D eigenvalue weighted by atomic mass is 16.3. The highest BCUT2D eigenvalue weighted by Crippen LogP contribution is 2.49. The summed E-state index contributed by atoms with van der Waals surface area (Å²) in [6.07, 6.45) is 6.89. The summed E-state index contributed by atoms with van der Waals surface area (Å²) in [5.41, 5.74) is 2.68. The molecule has 1 aliphatic carbocycles. The predicted octanol–water partition coefficient (Wildman–Crippen LogP) is 2.71. The predicted molar refractivity (Wildman–Crippen MR) is 124 cm³/mol. The van der Waals surface area contributed by atoms with Crippen LogP contribution in [0.25, 0.3) is 6.08 Å². The van der Waals surface area contributed by atoms with Gasteiger partial charge in [-0.15, -0.1) is 0 Å². The normalized spacial score (nSPS) is 27.3. The SMILES string of the molecule is C/C=C/c1ccc2n(c1=O)C[C@H]1[C@H](CO)[C@@H](C(=O)NC3CCC3)[C@@H]2N1Cc1ccccc1.